The number of hydrogen-bond acceptors (Lipinski definition) is 4. The van der Waals surface area contributed by atoms with Gasteiger partial charge in [-0.1, -0.05) is 0 Å². The normalized spacial score (nSPS) is 16.9. The first-order valence-electron chi connectivity index (χ1n) is 6.01. The molecule has 1 aliphatic rings. The van der Waals surface area contributed by atoms with Crippen molar-refractivity contribution in [2.24, 2.45) is 11.7 Å². The van der Waals surface area contributed by atoms with Crippen LogP contribution in [0.1, 0.15) is 6.92 Å². The van der Waals surface area contributed by atoms with E-state index in [9.17, 15) is 13.2 Å². The molecule has 0 unspecified atom stereocenters. The highest BCUT2D eigenvalue weighted by atomic mass is 32.2. The Kier molecular flexibility index (Phi) is 3.88. The van der Waals surface area contributed by atoms with Crippen LogP contribution < -0.4 is 11.1 Å². The number of benzene rings is 1. The van der Waals surface area contributed by atoms with Crippen LogP contribution in [0.15, 0.2) is 29.2 Å². The van der Waals surface area contributed by atoms with Crippen molar-refractivity contribution in [3.05, 3.63) is 24.3 Å². The van der Waals surface area contributed by atoms with Gasteiger partial charge in [0, 0.05) is 25.7 Å². The molecule has 1 amide bonds. The maximum atomic E-state index is 12.2. The molecule has 0 radical (unpaired) electrons. The van der Waals surface area contributed by atoms with E-state index in [-0.39, 0.29) is 16.7 Å². The molecule has 1 aromatic carbocycles. The minimum atomic E-state index is -3.43. The van der Waals surface area contributed by atoms with Crippen molar-refractivity contribution in [1.82, 2.24) is 4.31 Å². The minimum absolute atomic E-state index is 0.191. The maximum absolute atomic E-state index is 12.2. The molecule has 1 heterocycles. The molecular weight excluding hydrogens is 266 g/mol. The van der Waals surface area contributed by atoms with Gasteiger partial charge in [-0.3, -0.25) is 4.79 Å². The highest BCUT2D eigenvalue weighted by Crippen LogP contribution is 2.25. The average molecular weight is 283 g/mol. The van der Waals surface area contributed by atoms with Gasteiger partial charge in [0.05, 0.1) is 4.90 Å². The summed E-state index contributed by atoms with van der Waals surface area (Å²) < 4.78 is 25.8. The zero-order valence-corrected chi connectivity index (χ0v) is 11.5. The van der Waals surface area contributed by atoms with Crippen LogP contribution in [-0.2, 0) is 14.8 Å². The second-order valence-electron chi connectivity index (χ2n) is 4.63. The van der Waals surface area contributed by atoms with Gasteiger partial charge in [-0.25, -0.2) is 8.42 Å². The smallest absolute Gasteiger partial charge is 0.243 e. The Hall–Kier alpha value is -1.44. The van der Waals surface area contributed by atoms with Gasteiger partial charge in [-0.15, -0.1) is 0 Å². The van der Waals surface area contributed by atoms with Gasteiger partial charge in [-0.2, -0.15) is 4.31 Å². The third kappa shape index (κ3) is 2.94. The number of sulfonamides is 1. The molecule has 19 heavy (non-hydrogen) atoms. The number of carbonyl (C=O) groups excluding carboxylic acids is 1. The molecule has 1 aliphatic heterocycles. The van der Waals surface area contributed by atoms with Crippen LogP contribution in [0.3, 0.4) is 0 Å². The van der Waals surface area contributed by atoms with Gasteiger partial charge in [-0.05, 0) is 36.7 Å². The lowest BCUT2D eigenvalue weighted by Crippen LogP contribution is -2.52. The van der Waals surface area contributed by atoms with Crippen molar-refractivity contribution < 1.29 is 13.2 Å². The molecule has 1 saturated heterocycles. The van der Waals surface area contributed by atoms with Crippen molar-refractivity contribution in [3.8, 4) is 0 Å². The number of nitrogens with one attached hydrogen (secondary N) is 1. The second kappa shape index (κ2) is 5.28. The van der Waals surface area contributed by atoms with Gasteiger partial charge >= 0.3 is 0 Å². The fourth-order valence-corrected chi connectivity index (χ4v) is 3.52. The Morgan fingerprint density at radius 1 is 1.37 bits per heavy atom. The summed E-state index contributed by atoms with van der Waals surface area (Å²) in [4.78, 5) is 11.1. The number of hydrogen-bond donors (Lipinski definition) is 2. The molecule has 0 aromatic heterocycles. The SMILES string of the molecule is CC(=O)Nc1ccc(S(=O)(=O)N2CC(CN)C2)cc1. The van der Waals surface area contributed by atoms with Crippen molar-refractivity contribution in [2.75, 3.05) is 25.0 Å². The summed E-state index contributed by atoms with van der Waals surface area (Å²) in [6, 6.07) is 6.15. The second-order valence-corrected chi connectivity index (χ2v) is 6.57. The highest BCUT2D eigenvalue weighted by Gasteiger charge is 2.35. The maximum Gasteiger partial charge on any atom is 0.243 e. The van der Waals surface area contributed by atoms with E-state index in [2.05, 4.69) is 5.32 Å². The third-order valence-corrected chi connectivity index (χ3v) is 4.92. The van der Waals surface area contributed by atoms with Gasteiger partial charge in [0.2, 0.25) is 15.9 Å². The number of rotatable bonds is 4. The van der Waals surface area contributed by atoms with Crippen LogP contribution in [0, 0.1) is 5.92 Å². The first-order chi connectivity index (χ1) is 8.93. The number of amides is 1. The van der Waals surface area contributed by atoms with Gasteiger partial charge in [0.25, 0.3) is 0 Å². The predicted molar refractivity (Wildman–Crippen MR) is 72.0 cm³/mol. The molecule has 104 valence electrons. The summed E-state index contributed by atoms with van der Waals surface area (Å²) in [6.45, 7) is 2.86. The van der Waals surface area contributed by atoms with Crippen molar-refractivity contribution in [3.63, 3.8) is 0 Å². The summed E-state index contributed by atoms with van der Waals surface area (Å²) in [5, 5.41) is 2.59. The van der Waals surface area contributed by atoms with E-state index >= 15 is 0 Å². The summed E-state index contributed by atoms with van der Waals surface area (Å²) >= 11 is 0. The molecule has 0 saturated carbocycles. The van der Waals surface area contributed by atoms with E-state index in [1.807, 2.05) is 0 Å². The highest BCUT2D eigenvalue weighted by molar-refractivity contribution is 7.89. The van der Waals surface area contributed by atoms with Crippen LogP contribution >= 0.6 is 0 Å². The lowest BCUT2D eigenvalue weighted by Gasteiger charge is -2.37. The Balaban J connectivity index is 2.11. The molecule has 0 bridgehead atoms. The first kappa shape index (κ1) is 14.0. The lowest BCUT2D eigenvalue weighted by atomic mass is 10.0. The molecule has 0 spiro atoms. The number of carbonyl (C=O) groups is 1. The van der Waals surface area contributed by atoms with Crippen LogP contribution in [0.5, 0.6) is 0 Å². The van der Waals surface area contributed by atoms with Crippen molar-refractivity contribution >= 4 is 21.6 Å². The number of nitrogens with zero attached hydrogens (tertiary/aromatic N) is 1. The van der Waals surface area contributed by atoms with E-state index in [4.69, 9.17) is 5.73 Å². The summed E-state index contributed by atoms with van der Waals surface area (Å²) in [7, 11) is -3.43. The van der Waals surface area contributed by atoms with Gasteiger partial charge < -0.3 is 11.1 Å². The third-order valence-electron chi connectivity index (χ3n) is 3.07. The van der Waals surface area contributed by atoms with Crippen molar-refractivity contribution in [1.29, 1.82) is 0 Å². The van der Waals surface area contributed by atoms with Crippen molar-refractivity contribution in [2.45, 2.75) is 11.8 Å². The Morgan fingerprint density at radius 2 is 1.95 bits per heavy atom. The Morgan fingerprint density at radius 3 is 2.42 bits per heavy atom. The number of nitrogens with two attached hydrogens (primary N) is 1. The molecule has 3 N–H and O–H groups in total. The van der Waals surface area contributed by atoms with Crippen LogP contribution in [0.25, 0.3) is 0 Å². The van der Waals surface area contributed by atoms with Crippen LogP contribution in [-0.4, -0.2) is 38.3 Å². The monoisotopic (exact) mass is 283 g/mol. The Labute approximate surface area is 112 Å². The van der Waals surface area contributed by atoms with E-state index < -0.39 is 10.0 Å². The molecule has 1 fully saturated rings. The van der Waals surface area contributed by atoms with E-state index in [1.54, 1.807) is 12.1 Å². The molecule has 6 nitrogen and oxygen atoms in total. The largest absolute Gasteiger partial charge is 0.330 e. The lowest BCUT2D eigenvalue weighted by molar-refractivity contribution is -0.114. The molecule has 7 heteroatoms. The standard InChI is InChI=1S/C12H17N3O3S/c1-9(16)14-11-2-4-12(5-3-11)19(17,18)15-7-10(6-13)8-15/h2-5,10H,6-8,13H2,1H3,(H,14,16). The topological polar surface area (TPSA) is 92.5 Å². The van der Waals surface area contributed by atoms with Gasteiger partial charge in [0.15, 0.2) is 0 Å². The fraction of sp³-hybridized carbons (Fsp3) is 0.417. The van der Waals surface area contributed by atoms with E-state index in [0.29, 0.717) is 25.3 Å². The molecule has 0 aliphatic carbocycles. The fourth-order valence-electron chi connectivity index (χ4n) is 1.93. The molecule has 0 atom stereocenters. The molecular formula is C12H17N3O3S. The van der Waals surface area contributed by atoms with Gasteiger partial charge in [0.1, 0.15) is 0 Å². The summed E-state index contributed by atoms with van der Waals surface area (Å²) in [5.41, 5.74) is 6.06. The van der Waals surface area contributed by atoms with E-state index in [1.165, 1.54) is 23.4 Å². The molecule has 2 rings (SSSR count). The first-order valence-corrected chi connectivity index (χ1v) is 7.45. The quantitative estimate of drug-likeness (QED) is 0.827. The average Bonchev–Trinajstić information content (AvgIpc) is 2.27. The summed E-state index contributed by atoms with van der Waals surface area (Å²) in [5.74, 6) is 0.0672. The molecule has 1 aromatic rings. The van der Waals surface area contributed by atoms with Crippen LogP contribution in [0.4, 0.5) is 5.69 Å². The van der Waals surface area contributed by atoms with Crippen LogP contribution in [0.2, 0.25) is 0 Å². The zero-order chi connectivity index (χ0) is 14.0. The predicted octanol–water partition coefficient (Wildman–Crippen LogP) is 0.224. The Bertz CT molecular complexity index is 562. The van der Waals surface area contributed by atoms with E-state index in [0.717, 1.165) is 0 Å². The summed E-state index contributed by atoms with van der Waals surface area (Å²) in [6.07, 6.45) is 0. The number of anilines is 1. The minimum Gasteiger partial charge on any atom is -0.330 e. The zero-order valence-electron chi connectivity index (χ0n) is 10.7.